The number of methoxy groups -OCH3 is 1. The number of rotatable bonds is 6. The highest BCUT2D eigenvalue weighted by Gasteiger charge is 2.24. The van der Waals surface area contributed by atoms with Gasteiger partial charge in [-0.2, -0.15) is 4.72 Å². The van der Waals surface area contributed by atoms with Crippen LogP contribution in [0.1, 0.15) is 13.8 Å². The second-order valence-electron chi connectivity index (χ2n) is 4.15. The average molecular weight is 301 g/mol. The Labute approximate surface area is 118 Å². The van der Waals surface area contributed by atoms with E-state index in [1.165, 1.54) is 32.2 Å². The monoisotopic (exact) mass is 301 g/mol. The van der Waals surface area contributed by atoms with Crippen LogP contribution in [0, 0.1) is 0 Å². The summed E-state index contributed by atoms with van der Waals surface area (Å²) in [4.78, 5) is 11.5. The first-order valence-corrected chi connectivity index (χ1v) is 7.53. The number of likely N-dealkylation sites (N-methyl/N-ethyl adjacent to an activating group) is 1. The number of hydrogen-bond donors (Lipinski definition) is 3. The second kappa shape index (κ2) is 6.58. The lowest BCUT2D eigenvalue weighted by molar-refractivity contribution is -0.122. The van der Waals surface area contributed by atoms with Gasteiger partial charge in [0.2, 0.25) is 15.9 Å². The van der Waals surface area contributed by atoms with Crippen molar-refractivity contribution in [3.8, 4) is 5.75 Å². The van der Waals surface area contributed by atoms with Crippen LogP contribution in [0.2, 0.25) is 0 Å². The molecule has 20 heavy (non-hydrogen) atoms. The third-order valence-electron chi connectivity index (χ3n) is 2.55. The number of nitrogens with two attached hydrogens (primary N) is 1. The zero-order valence-corrected chi connectivity index (χ0v) is 12.5. The van der Waals surface area contributed by atoms with Crippen LogP contribution in [-0.2, 0) is 14.8 Å². The molecule has 0 aliphatic heterocycles. The van der Waals surface area contributed by atoms with Gasteiger partial charge < -0.3 is 15.8 Å². The summed E-state index contributed by atoms with van der Waals surface area (Å²) < 4.78 is 31.8. The Kier molecular flexibility index (Phi) is 5.34. The number of carbonyl (C=O) groups is 1. The minimum absolute atomic E-state index is 0.101. The molecule has 0 heterocycles. The van der Waals surface area contributed by atoms with Gasteiger partial charge in [0.15, 0.2) is 0 Å². The molecule has 1 aromatic rings. The van der Waals surface area contributed by atoms with Gasteiger partial charge in [-0.15, -0.1) is 0 Å². The van der Waals surface area contributed by atoms with Crippen LogP contribution in [0.3, 0.4) is 0 Å². The van der Waals surface area contributed by atoms with E-state index in [-0.39, 0.29) is 16.3 Å². The Morgan fingerprint density at radius 1 is 1.45 bits per heavy atom. The van der Waals surface area contributed by atoms with Crippen molar-refractivity contribution in [1.29, 1.82) is 0 Å². The summed E-state index contributed by atoms with van der Waals surface area (Å²) >= 11 is 0. The van der Waals surface area contributed by atoms with Crippen molar-refractivity contribution in [2.75, 3.05) is 19.4 Å². The zero-order chi connectivity index (χ0) is 15.3. The average Bonchev–Trinajstić information content (AvgIpc) is 2.38. The largest absolute Gasteiger partial charge is 0.495 e. The SMILES string of the molecule is CCNC(=O)C(C)NS(=O)(=O)c1cc(N)ccc1OC. The molecule has 1 atom stereocenters. The van der Waals surface area contributed by atoms with Crippen molar-refractivity contribution in [2.24, 2.45) is 0 Å². The quantitative estimate of drug-likeness (QED) is 0.644. The molecule has 1 unspecified atom stereocenters. The number of nitrogen functional groups attached to an aromatic ring is 1. The van der Waals surface area contributed by atoms with Crippen molar-refractivity contribution in [1.82, 2.24) is 10.0 Å². The van der Waals surface area contributed by atoms with Crippen molar-refractivity contribution in [3.05, 3.63) is 18.2 Å². The first kappa shape index (κ1) is 16.3. The predicted molar refractivity (Wildman–Crippen MR) is 75.9 cm³/mol. The Hall–Kier alpha value is -1.80. The van der Waals surface area contributed by atoms with E-state index in [0.29, 0.717) is 6.54 Å². The number of nitrogens with one attached hydrogen (secondary N) is 2. The number of sulfonamides is 1. The molecule has 8 heteroatoms. The lowest BCUT2D eigenvalue weighted by Gasteiger charge is -2.15. The van der Waals surface area contributed by atoms with Gasteiger partial charge >= 0.3 is 0 Å². The van der Waals surface area contributed by atoms with E-state index in [1.807, 2.05) is 0 Å². The van der Waals surface area contributed by atoms with Crippen LogP contribution < -0.4 is 20.5 Å². The van der Waals surface area contributed by atoms with E-state index in [1.54, 1.807) is 6.92 Å². The predicted octanol–water partition coefficient (Wildman–Crippen LogP) is 0.0803. The van der Waals surface area contributed by atoms with E-state index in [0.717, 1.165) is 0 Å². The maximum atomic E-state index is 12.3. The number of hydrogen-bond acceptors (Lipinski definition) is 5. The van der Waals surface area contributed by atoms with E-state index in [9.17, 15) is 13.2 Å². The lowest BCUT2D eigenvalue weighted by Crippen LogP contribution is -2.44. The molecule has 7 nitrogen and oxygen atoms in total. The smallest absolute Gasteiger partial charge is 0.245 e. The van der Waals surface area contributed by atoms with E-state index < -0.39 is 22.0 Å². The molecule has 0 saturated heterocycles. The van der Waals surface area contributed by atoms with Crippen LogP contribution in [0.15, 0.2) is 23.1 Å². The van der Waals surface area contributed by atoms with E-state index >= 15 is 0 Å². The summed E-state index contributed by atoms with van der Waals surface area (Å²) in [7, 11) is -2.55. The number of benzene rings is 1. The summed E-state index contributed by atoms with van der Waals surface area (Å²) in [6.45, 7) is 3.63. The Bertz CT molecular complexity index is 586. The highest BCUT2D eigenvalue weighted by Crippen LogP contribution is 2.25. The molecule has 0 radical (unpaired) electrons. The number of amides is 1. The fourth-order valence-corrected chi connectivity index (χ4v) is 2.99. The second-order valence-corrected chi connectivity index (χ2v) is 5.83. The van der Waals surface area contributed by atoms with Crippen molar-refractivity contribution >= 4 is 21.6 Å². The first-order valence-electron chi connectivity index (χ1n) is 6.05. The fraction of sp³-hybridized carbons (Fsp3) is 0.417. The summed E-state index contributed by atoms with van der Waals surface area (Å²) in [5.41, 5.74) is 5.88. The van der Waals surface area contributed by atoms with Gasteiger partial charge in [-0.1, -0.05) is 0 Å². The van der Waals surface area contributed by atoms with Gasteiger partial charge in [-0.3, -0.25) is 4.79 Å². The molecular weight excluding hydrogens is 282 g/mol. The van der Waals surface area contributed by atoms with Crippen LogP contribution in [0.25, 0.3) is 0 Å². The topological polar surface area (TPSA) is 111 Å². The number of carbonyl (C=O) groups excluding carboxylic acids is 1. The lowest BCUT2D eigenvalue weighted by atomic mass is 10.3. The Balaban J connectivity index is 3.05. The minimum atomic E-state index is -3.90. The first-order chi connectivity index (χ1) is 9.31. The molecule has 0 aromatic heterocycles. The third kappa shape index (κ3) is 3.84. The van der Waals surface area contributed by atoms with E-state index in [4.69, 9.17) is 10.5 Å². The standard InChI is InChI=1S/C12H19N3O4S/c1-4-14-12(16)8(2)15-20(17,18)11-7-9(13)5-6-10(11)19-3/h5-8,15H,4,13H2,1-3H3,(H,14,16). The number of anilines is 1. The Morgan fingerprint density at radius 2 is 2.10 bits per heavy atom. The van der Waals surface area contributed by atoms with Gasteiger partial charge in [0.05, 0.1) is 13.2 Å². The van der Waals surface area contributed by atoms with Gasteiger partial charge in [0.1, 0.15) is 10.6 Å². The van der Waals surface area contributed by atoms with Gasteiger partial charge in [-0.05, 0) is 32.0 Å². The molecule has 1 aromatic carbocycles. The van der Waals surface area contributed by atoms with Crippen LogP contribution in [0.4, 0.5) is 5.69 Å². The highest BCUT2D eigenvalue weighted by atomic mass is 32.2. The molecule has 0 bridgehead atoms. The Morgan fingerprint density at radius 3 is 2.65 bits per heavy atom. The molecule has 0 spiro atoms. The van der Waals surface area contributed by atoms with Gasteiger partial charge in [0, 0.05) is 12.2 Å². The molecule has 0 saturated carbocycles. The zero-order valence-electron chi connectivity index (χ0n) is 11.6. The summed E-state index contributed by atoms with van der Waals surface area (Å²) in [5.74, 6) is -0.242. The molecule has 0 aliphatic rings. The minimum Gasteiger partial charge on any atom is -0.495 e. The van der Waals surface area contributed by atoms with Crippen LogP contribution >= 0.6 is 0 Å². The maximum Gasteiger partial charge on any atom is 0.245 e. The molecule has 0 aliphatic carbocycles. The normalized spacial score (nSPS) is 12.8. The van der Waals surface area contributed by atoms with Crippen LogP contribution in [-0.4, -0.2) is 34.0 Å². The van der Waals surface area contributed by atoms with Crippen molar-refractivity contribution in [3.63, 3.8) is 0 Å². The summed E-state index contributed by atoms with van der Waals surface area (Å²) in [6, 6.07) is 3.38. The highest BCUT2D eigenvalue weighted by molar-refractivity contribution is 7.89. The van der Waals surface area contributed by atoms with Gasteiger partial charge in [0.25, 0.3) is 0 Å². The summed E-state index contributed by atoms with van der Waals surface area (Å²) in [5, 5.41) is 2.54. The maximum absolute atomic E-state index is 12.3. The summed E-state index contributed by atoms with van der Waals surface area (Å²) in [6.07, 6.45) is 0. The third-order valence-corrected chi connectivity index (χ3v) is 4.12. The molecule has 1 amide bonds. The molecule has 1 rings (SSSR count). The molecule has 4 N–H and O–H groups in total. The molecule has 0 fully saturated rings. The van der Waals surface area contributed by atoms with Crippen molar-refractivity contribution in [2.45, 2.75) is 24.8 Å². The fourth-order valence-electron chi connectivity index (χ4n) is 1.58. The molecule has 112 valence electrons. The van der Waals surface area contributed by atoms with Crippen LogP contribution in [0.5, 0.6) is 5.75 Å². The number of ether oxygens (including phenoxy) is 1. The van der Waals surface area contributed by atoms with E-state index in [2.05, 4.69) is 10.0 Å². The van der Waals surface area contributed by atoms with Crippen molar-refractivity contribution < 1.29 is 17.9 Å². The molecular formula is C12H19N3O4S. The van der Waals surface area contributed by atoms with Gasteiger partial charge in [-0.25, -0.2) is 8.42 Å².